The van der Waals surface area contributed by atoms with E-state index in [4.69, 9.17) is 13.9 Å². The molecule has 3 aromatic rings. The molecule has 0 fully saturated rings. The van der Waals surface area contributed by atoms with Crippen molar-refractivity contribution in [1.29, 1.82) is 0 Å². The number of carbonyl (C=O) groups is 1. The standard InChI is InChI=1S/C21H21NO4/c1-13-17-12-16(25-3)7-9-19(17)26-20(13)21(23)22-10-4-5-14-11-15(24-2)6-8-18(14)22/h6-9,11-12H,4-5,10H2,1-3H3. The highest BCUT2D eigenvalue weighted by atomic mass is 16.5. The van der Waals surface area contributed by atoms with Gasteiger partial charge >= 0.3 is 0 Å². The number of hydrogen-bond donors (Lipinski definition) is 0. The molecule has 0 bridgehead atoms. The lowest BCUT2D eigenvalue weighted by molar-refractivity contribution is 0.0959. The van der Waals surface area contributed by atoms with E-state index in [0.717, 1.165) is 46.5 Å². The van der Waals surface area contributed by atoms with Crippen LogP contribution < -0.4 is 14.4 Å². The molecule has 0 atom stereocenters. The Hall–Kier alpha value is -2.95. The van der Waals surface area contributed by atoms with Gasteiger partial charge < -0.3 is 18.8 Å². The van der Waals surface area contributed by atoms with E-state index < -0.39 is 0 Å². The van der Waals surface area contributed by atoms with Crippen LogP contribution in [0.25, 0.3) is 11.0 Å². The van der Waals surface area contributed by atoms with E-state index in [9.17, 15) is 4.79 Å². The number of nitrogens with zero attached hydrogens (tertiary/aromatic N) is 1. The van der Waals surface area contributed by atoms with Crippen LogP contribution in [-0.4, -0.2) is 26.7 Å². The normalized spacial score (nSPS) is 13.6. The molecule has 5 heteroatoms. The summed E-state index contributed by atoms with van der Waals surface area (Å²) in [5.74, 6) is 1.83. The Bertz CT molecular complexity index is 989. The first kappa shape index (κ1) is 16.5. The fraction of sp³-hybridized carbons (Fsp3) is 0.286. The molecule has 0 saturated carbocycles. The van der Waals surface area contributed by atoms with Crippen LogP contribution in [-0.2, 0) is 6.42 Å². The van der Waals surface area contributed by atoms with Gasteiger partial charge in [-0.05, 0) is 61.7 Å². The Kier molecular flexibility index (Phi) is 4.07. The van der Waals surface area contributed by atoms with Crippen molar-refractivity contribution in [2.24, 2.45) is 0 Å². The minimum Gasteiger partial charge on any atom is -0.497 e. The third kappa shape index (κ3) is 2.60. The van der Waals surface area contributed by atoms with Crippen molar-refractivity contribution < 1.29 is 18.7 Å². The highest BCUT2D eigenvalue weighted by Gasteiger charge is 2.28. The Morgan fingerprint density at radius 2 is 1.81 bits per heavy atom. The van der Waals surface area contributed by atoms with E-state index in [1.807, 2.05) is 43.3 Å². The number of amides is 1. The number of fused-ring (bicyclic) bond motifs is 2. The maximum Gasteiger partial charge on any atom is 0.294 e. The lowest BCUT2D eigenvalue weighted by Crippen LogP contribution is -2.35. The van der Waals surface area contributed by atoms with Crippen LogP contribution in [0.15, 0.2) is 40.8 Å². The zero-order valence-corrected chi connectivity index (χ0v) is 15.2. The van der Waals surface area contributed by atoms with Crippen molar-refractivity contribution in [3.05, 3.63) is 53.3 Å². The second-order valence-corrected chi connectivity index (χ2v) is 6.47. The molecule has 26 heavy (non-hydrogen) atoms. The van der Waals surface area contributed by atoms with Gasteiger partial charge in [0.25, 0.3) is 5.91 Å². The molecule has 0 saturated heterocycles. The lowest BCUT2D eigenvalue weighted by Gasteiger charge is -2.29. The number of aryl methyl sites for hydroxylation is 2. The van der Waals surface area contributed by atoms with Crippen LogP contribution in [0, 0.1) is 6.92 Å². The topological polar surface area (TPSA) is 51.9 Å². The number of rotatable bonds is 3. The van der Waals surface area contributed by atoms with E-state index in [-0.39, 0.29) is 5.91 Å². The maximum atomic E-state index is 13.2. The molecule has 1 aliphatic heterocycles. The smallest absolute Gasteiger partial charge is 0.294 e. The number of benzene rings is 2. The molecule has 0 unspecified atom stereocenters. The van der Waals surface area contributed by atoms with Gasteiger partial charge in [0.05, 0.1) is 14.2 Å². The number of furan rings is 1. The summed E-state index contributed by atoms with van der Waals surface area (Å²) < 4.78 is 16.5. The molecule has 134 valence electrons. The zero-order chi connectivity index (χ0) is 18.3. The Labute approximate surface area is 152 Å². The average molecular weight is 351 g/mol. The summed E-state index contributed by atoms with van der Waals surface area (Å²) in [5.41, 5.74) is 3.59. The summed E-state index contributed by atoms with van der Waals surface area (Å²) in [4.78, 5) is 15.0. The molecule has 0 N–H and O–H groups in total. The number of carbonyl (C=O) groups excluding carboxylic acids is 1. The summed E-state index contributed by atoms with van der Waals surface area (Å²) >= 11 is 0. The first-order valence-corrected chi connectivity index (χ1v) is 8.68. The minimum atomic E-state index is -0.108. The van der Waals surface area contributed by atoms with Crippen LogP contribution in [0.1, 0.15) is 28.1 Å². The number of ether oxygens (including phenoxy) is 2. The van der Waals surface area contributed by atoms with Crippen LogP contribution in [0.2, 0.25) is 0 Å². The predicted molar refractivity (Wildman–Crippen MR) is 100 cm³/mol. The Morgan fingerprint density at radius 1 is 1.08 bits per heavy atom. The molecule has 1 aromatic heterocycles. The molecule has 0 radical (unpaired) electrons. The molecule has 2 heterocycles. The fourth-order valence-corrected chi connectivity index (χ4v) is 3.56. The predicted octanol–water partition coefficient (Wildman–Crippen LogP) is 4.35. The van der Waals surface area contributed by atoms with E-state index in [0.29, 0.717) is 17.9 Å². The zero-order valence-electron chi connectivity index (χ0n) is 15.2. The second kappa shape index (κ2) is 6.41. The minimum absolute atomic E-state index is 0.108. The summed E-state index contributed by atoms with van der Waals surface area (Å²) in [6.07, 6.45) is 1.85. The number of hydrogen-bond acceptors (Lipinski definition) is 4. The summed E-state index contributed by atoms with van der Waals surface area (Å²) in [5, 5.41) is 0.902. The third-order valence-corrected chi connectivity index (χ3v) is 4.99. The number of anilines is 1. The van der Waals surface area contributed by atoms with Crippen molar-refractivity contribution >= 4 is 22.6 Å². The largest absolute Gasteiger partial charge is 0.497 e. The second-order valence-electron chi connectivity index (χ2n) is 6.47. The molecule has 0 aliphatic carbocycles. The van der Waals surface area contributed by atoms with Gasteiger partial charge in [0, 0.05) is 23.2 Å². The molecule has 0 spiro atoms. The highest BCUT2D eigenvalue weighted by Crippen LogP contribution is 2.34. The van der Waals surface area contributed by atoms with E-state index >= 15 is 0 Å². The van der Waals surface area contributed by atoms with Crippen LogP contribution in [0.3, 0.4) is 0 Å². The molecule has 5 nitrogen and oxygen atoms in total. The summed E-state index contributed by atoms with van der Waals surface area (Å²) in [6, 6.07) is 11.4. The van der Waals surface area contributed by atoms with Crippen molar-refractivity contribution in [2.75, 3.05) is 25.7 Å². The maximum absolute atomic E-state index is 13.2. The van der Waals surface area contributed by atoms with E-state index in [1.165, 1.54) is 0 Å². The number of methoxy groups -OCH3 is 2. The monoisotopic (exact) mass is 351 g/mol. The van der Waals surface area contributed by atoms with Gasteiger partial charge in [0.15, 0.2) is 5.76 Å². The van der Waals surface area contributed by atoms with Gasteiger partial charge in [-0.3, -0.25) is 4.79 Å². The van der Waals surface area contributed by atoms with Crippen molar-refractivity contribution in [3.8, 4) is 11.5 Å². The van der Waals surface area contributed by atoms with Crippen molar-refractivity contribution in [1.82, 2.24) is 0 Å². The van der Waals surface area contributed by atoms with Gasteiger partial charge in [-0.15, -0.1) is 0 Å². The van der Waals surface area contributed by atoms with Gasteiger partial charge in [0.1, 0.15) is 17.1 Å². The van der Waals surface area contributed by atoms with Gasteiger partial charge in [-0.2, -0.15) is 0 Å². The first-order valence-electron chi connectivity index (χ1n) is 8.68. The lowest BCUT2D eigenvalue weighted by atomic mass is 10.0. The van der Waals surface area contributed by atoms with Gasteiger partial charge in [0.2, 0.25) is 0 Å². The third-order valence-electron chi connectivity index (χ3n) is 4.99. The molecule has 1 amide bonds. The Morgan fingerprint density at radius 3 is 2.58 bits per heavy atom. The summed E-state index contributed by atoms with van der Waals surface area (Å²) in [7, 11) is 3.28. The Balaban J connectivity index is 1.75. The van der Waals surface area contributed by atoms with Crippen LogP contribution in [0.4, 0.5) is 5.69 Å². The molecule has 2 aromatic carbocycles. The van der Waals surface area contributed by atoms with E-state index in [1.54, 1.807) is 19.1 Å². The van der Waals surface area contributed by atoms with Gasteiger partial charge in [-0.1, -0.05) is 0 Å². The first-order chi connectivity index (χ1) is 12.6. The SMILES string of the molecule is COc1ccc2c(c1)CCCN2C(=O)c1oc2ccc(OC)cc2c1C. The fourth-order valence-electron chi connectivity index (χ4n) is 3.56. The molecule has 4 rings (SSSR count). The van der Waals surface area contributed by atoms with Crippen LogP contribution >= 0.6 is 0 Å². The quantitative estimate of drug-likeness (QED) is 0.704. The molecule has 1 aliphatic rings. The van der Waals surface area contributed by atoms with Crippen LogP contribution in [0.5, 0.6) is 11.5 Å². The highest BCUT2D eigenvalue weighted by molar-refractivity contribution is 6.08. The molecular formula is C21H21NO4. The van der Waals surface area contributed by atoms with Crippen molar-refractivity contribution in [3.63, 3.8) is 0 Å². The average Bonchev–Trinajstić information content (AvgIpc) is 3.02. The van der Waals surface area contributed by atoms with Crippen molar-refractivity contribution in [2.45, 2.75) is 19.8 Å². The van der Waals surface area contributed by atoms with Gasteiger partial charge in [-0.25, -0.2) is 0 Å². The van der Waals surface area contributed by atoms with E-state index in [2.05, 4.69) is 0 Å². The summed E-state index contributed by atoms with van der Waals surface area (Å²) in [6.45, 7) is 2.59. The molecular weight excluding hydrogens is 330 g/mol.